The number of ether oxygens (including phenoxy) is 1. The average molecular weight is 446 g/mol. The molecule has 0 saturated carbocycles. The van der Waals surface area contributed by atoms with Gasteiger partial charge in [0.2, 0.25) is 10.0 Å². The van der Waals surface area contributed by atoms with Crippen LogP contribution in [0.5, 0.6) is 5.75 Å². The Labute approximate surface area is 185 Å². The van der Waals surface area contributed by atoms with Crippen LogP contribution in [0.4, 0.5) is 5.69 Å². The van der Waals surface area contributed by atoms with Crippen molar-refractivity contribution < 1.29 is 17.9 Å². The summed E-state index contributed by atoms with van der Waals surface area (Å²) in [5.74, 6) is 0.549. The third kappa shape index (κ3) is 6.21. The quantitative estimate of drug-likeness (QED) is 0.625. The van der Waals surface area contributed by atoms with E-state index in [2.05, 4.69) is 17.0 Å². The van der Waals surface area contributed by atoms with Crippen molar-refractivity contribution in [1.82, 2.24) is 9.80 Å². The number of sulfonamides is 1. The molecule has 1 fully saturated rings. The predicted octanol–water partition coefficient (Wildman–Crippen LogP) is 2.58. The smallest absolute Gasteiger partial charge is 0.263 e. The summed E-state index contributed by atoms with van der Waals surface area (Å²) in [5.41, 5.74) is 1.82. The van der Waals surface area contributed by atoms with Gasteiger partial charge in [-0.15, -0.1) is 0 Å². The van der Waals surface area contributed by atoms with E-state index in [-0.39, 0.29) is 5.91 Å². The number of carbonyl (C=O) groups is 1. The first-order valence-corrected chi connectivity index (χ1v) is 12.4. The van der Waals surface area contributed by atoms with Gasteiger partial charge in [0.25, 0.3) is 5.91 Å². The Hall–Kier alpha value is -2.58. The highest BCUT2D eigenvalue weighted by atomic mass is 32.2. The number of hydrogen-bond donors (Lipinski definition) is 0. The standard InChI is InChI=1S/C23H31N3O4S/c1-4-22(30-21-12-10-20(11-13-21)24(2)31(3,28)29)23(27)26-16-14-25(15-17-26)18-19-8-6-5-7-9-19/h5-13,22H,4,14-18H2,1-3H3/t22-/m0/s1. The van der Waals surface area contributed by atoms with Gasteiger partial charge in [-0.1, -0.05) is 37.3 Å². The summed E-state index contributed by atoms with van der Waals surface area (Å²) < 4.78 is 30.5. The van der Waals surface area contributed by atoms with Crippen molar-refractivity contribution in [3.63, 3.8) is 0 Å². The van der Waals surface area contributed by atoms with Gasteiger partial charge in [-0.05, 0) is 36.2 Å². The van der Waals surface area contributed by atoms with Gasteiger partial charge in [0.1, 0.15) is 5.75 Å². The maximum atomic E-state index is 13.0. The third-order valence-corrected chi connectivity index (χ3v) is 6.76. The highest BCUT2D eigenvalue weighted by Crippen LogP contribution is 2.22. The Balaban J connectivity index is 1.54. The Morgan fingerprint density at radius 3 is 2.19 bits per heavy atom. The second-order valence-electron chi connectivity index (χ2n) is 7.83. The molecule has 0 bridgehead atoms. The summed E-state index contributed by atoms with van der Waals surface area (Å²) in [5, 5.41) is 0. The summed E-state index contributed by atoms with van der Waals surface area (Å²) >= 11 is 0. The molecule has 1 aliphatic rings. The van der Waals surface area contributed by atoms with Crippen molar-refractivity contribution >= 4 is 21.6 Å². The van der Waals surface area contributed by atoms with E-state index in [1.807, 2.05) is 30.0 Å². The van der Waals surface area contributed by atoms with Crippen molar-refractivity contribution in [2.75, 3.05) is 43.8 Å². The summed E-state index contributed by atoms with van der Waals surface area (Å²) in [4.78, 5) is 17.2. The van der Waals surface area contributed by atoms with Gasteiger partial charge in [0.15, 0.2) is 6.10 Å². The molecular formula is C23H31N3O4S. The molecule has 8 heteroatoms. The topological polar surface area (TPSA) is 70.2 Å². The van der Waals surface area contributed by atoms with Gasteiger partial charge < -0.3 is 9.64 Å². The molecule has 0 unspecified atom stereocenters. The van der Waals surface area contributed by atoms with E-state index < -0.39 is 16.1 Å². The molecule has 1 atom stereocenters. The largest absolute Gasteiger partial charge is 0.481 e. The van der Waals surface area contributed by atoms with Crippen molar-refractivity contribution in [2.45, 2.75) is 26.0 Å². The number of piperazine rings is 1. The van der Waals surface area contributed by atoms with Crippen LogP contribution < -0.4 is 9.04 Å². The molecule has 168 valence electrons. The molecule has 1 aliphatic heterocycles. The second kappa shape index (κ2) is 10.2. The minimum atomic E-state index is -3.32. The number of hydrogen-bond acceptors (Lipinski definition) is 5. The normalized spacial score (nSPS) is 16.0. The number of amides is 1. The molecule has 1 saturated heterocycles. The predicted molar refractivity (Wildman–Crippen MR) is 123 cm³/mol. The highest BCUT2D eigenvalue weighted by molar-refractivity contribution is 7.92. The fourth-order valence-corrected chi connectivity index (χ4v) is 4.08. The average Bonchev–Trinajstić information content (AvgIpc) is 2.77. The van der Waals surface area contributed by atoms with Gasteiger partial charge in [0, 0.05) is 39.8 Å². The lowest BCUT2D eigenvalue weighted by molar-refractivity contribution is -0.140. The summed E-state index contributed by atoms with van der Waals surface area (Å²) in [6.45, 7) is 5.87. The van der Waals surface area contributed by atoms with Gasteiger partial charge in [-0.3, -0.25) is 14.0 Å². The van der Waals surface area contributed by atoms with Crippen LogP contribution in [0.2, 0.25) is 0 Å². The van der Waals surface area contributed by atoms with E-state index >= 15 is 0 Å². The van der Waals surface area contributed by atoms with Crippen LogP contribution >= 0.6 is 0 Å². The zero-order chi connectivity index (χ0) is 22.4. The van der Waals surface area contributed by atoms with Crippen LogP contribution in [-0.2, 0) is 21.4 Å². The molecule has 0 spiro atoms. The lowest BCUT2D eigenvalue weighted by Crippen LogP contribution is -2.52. The molecule has 2 aromatic rings. The molecule has 0 N–H and O–H groups in total. The fourth-order valence-electron chi connectivity index (χ4n) is 3.57. The zero-order valence-electron chi connectivity index (χ0n) is 18.4. The number of anilines is 1. The first-order chi connectivity index (χ1) is 14.8. The lowest BCUT2D eigenvalue weighted by Gasteiger charge is -2.36. The second-order valence-corrected chi connectivity index (χ2v) is 9.84. The molecule has 7 nitrogen and oxygen atoms in total. The molecule has 0 radical (unpaired) electrons. The van der Waals surface area contributed by atoms with Crippen molar-refractivity contribution in [2.24, 2.45) is 0 Å². The monoisotopic (exact) mass is 445 g/mol. The lowest BCUT2D eigenvalue weighted by atomic mass is 10.1. The van der Waals surface area contributed by atoms with Gasteiger partial charge in [0.05, 0.1) is 11.9 Å². The number of benzene rings is 2. The first kappa shape index (κ1) is 23.1. The van der Waals surface area contributed by atoms with Crippen LogP contribution in [0.1, 0.15) is 18.9 Å². The van der Waals surface area contributed by atoms with E-state index in [1.165, 1.54) is 16.9 Å². The Bertz CT molecular complexity index is 956. The Morgan fingerprint density at radius 2 is 1.65 bits per heavy atom. The SMILES string of the molecule is CC[C@H](Oc1ccc(N(C)S(C)(=O)=O)cc1)C(=O)N1CCN(Cc2ccccc2)CC1. The van der Waals surface area contributed by atoms with Crippen molar-refractivity contribution in [3.8, 4) is 5.75 Å². The molecule has 1 amide bonds. The Morgan fingerprint density at radius 1 is 1.03 bits per heavy atom. The minimum absolute atomic E-state index is 0.000748. The van der Waals surface area contributed by atoms with E-state index in [4.69, 9.17) is 4.74 Å². The van der Waals surface area contributed by atoms with E-state index in [0.717, 1.165) is 25.9 Å². The van der Waals surface area contributed by atoms with E-state index in [1.54, 1.807) is 24.3 Å². The minimum Gasteiger partial charge on any atom is -0.481 e. The highest BCUT2D eigenvalue weighted by Gasteiger charge is 2.28. The molecule has 2 aromatic carbocycles. The summed E-state index contributed by atoms with van der Waals surface area (Å²) in [7, 11) is -1.82. The van der Waals surface area contributed by atoms with Gasteiger partial charge in [-0.25, -0.2) is 8.42 Å². The van der Waals surface area contributed by atoms with Gasteiger partial charge >= 0.3 is 0 Å². The molecule has 31 heavy (non-hydrogen) atoms. The summed E-state index contributed by atoms with van der Waals surface area (Å²) in [6.07, 6.45) is 1.16. The van der Waals surface area contributed by atoms with Crippen LogP contribution in [0.15, 0.2) is 54.6 Å². The number of rotatable bonds is 8. The molecular weight excluding hydrogens is 414 g/mol. The van der Waals surface area contributed by atoms with Gasteiger partial charge in [-0.2, -0.15) is 0 Å². The van der Waals surface area contributed by atoms with Crippen LogP contribution in [0, 0.1) is 0 Å². The van der Waals surface area contributed by atoms with E-state index in [9.17, 15) is 13.2 Å². The van der Waals surface area contributed by atoms with Crippen LogP contribution in [0.25, 0.3) is 0 Å². The number of carbonyl (C=O) groups excluding carboxylic acids is 1. The van der Waals surface area contributed by atoms with Crippen LogP contribution in [-0.4, -0.2) is 69.7 Å². The Kier molecular flexibility index (Phi) is 7.56. The molecule has 1 heterocycles. The van der Waals surface area contributed by atoms with Crippen LogP contribution in [0.3, 0.4) is 0 Å². The zero-order valence-corrected chi connectivity index (χ0v) is 19.2. The maximum Gasteiger partial charge on any atom is 0.263 e. The van der Waals surface area contributed by atoms with E-state index in [0.29, 0.717) is 30.9 Å². The fraction of sp³-hybridized carbons (Fsp3) is 0.435. The molecule has 0 aliphatic carbocycles. The molecule has 0 aromatic heterocycles. The maximum absolute atomic E-state index is 13.0. The first-order valence-electron chi connectivity index (χ1n) is 10.5. The number of nitrogens with zero attached hydrogens (tertiary/aromatic N) is 3. The van der Waals surface area contributed by atoms with Crippen molar-refractivity contribution in [1.29, 1.82) is 0 Å². The third-order valence-electron chi connectivity index (χ3n) is 5.56. The molecule has 3 rings (SSSR count). The van der Waals surface area contributed by atoms with Crippen molar-refractivity contribution in [3.05, 3.63) is 60.2 Å². The summed E-state index contributed by atoms with van der Waals surface area (Å²) in [6, 6.07) is 17.1.